The number of benzene rings is 16. The maximum absolute atomic E-state index is 6.26. The van der Waals surface area contributed by atoms with E-state index in [2.05, 4.69) is 473 Å². The van der Waals surface area contributed by atoms with Crippen molar-refractivity contribution in [3.63, 3.8) is 0 Å². The van der Waals surface area contributed by atoms with E-state index in [4.69, 9.17) is 37.2 Å². The van der Waals surface area contributed by atoms with E-state index in [1.54, 1.807) is 0 Å². The van der Waals surface area contributed by atoms with Crippen LogP contribution >= 0.6 is 70.4 Å². The number of fused-ring (bicyclic) bond motifs is 12. The highest BCUT2D eigenvalue weighted by Crippen LogP contribution is 2.47. The van der Waals surface area contributed by atoms with Crippen LogP contribution in [0.5, 0.6) is 0 Å². The van der Waals surface area contributed by atoms with Gasteiger partial charge in [-0.1, -0.05) is 321 Å². The van der Waals surface area contributed by atoms with E-state index in [9.17, 15) is 0 Å². The largest absolute Gasteiger partial charge is 0.495 e. The van der Waals surface area contributed by atoms with Crippen LogP contribution in [0.15, 0.2) is 402 Å². The van der Waals surface area contributed by atoms with Crippen LogP contribution in [0, 0.1) is 3.57 Å². The van der Waals surface area contributed by atoms with Gasteiger partial charge in [0, 0.05) is 84.9 Å². The molecule has 0 N–H and O–H groups in total. The Balaban J connectivity index is 0.000000112. The first-order chi connectivity index (χ1) is 68.9. The van der Waals surface area contributed by atoms with E-state index < -0.39 is 14.0 Å². The third kappa shape index (κ3) is 21.2. The highest BCUT2D eigenvalue weighted by atomic mass is 127. The normalized spacial score (nSPS) is 16.4. The number of hydrogen-bond donors (Lipinski definition) is 0. The highest BCUT2D eigenvalue weighted by Gasteiger charge is 2.64. The predicted molar refractivity (Wildman–Crippen MR) is 621 cm³/mol. The molecule has 4 aliphatic heterocycles. The second-order valence-electron chi connectivity index (χ2n) is 41.0. The van der Waals surface area contributed by atoms with Gasteiger partial charge in [-0.25, -0.2) is 0 Å². The minimum absolute atomic E-state index is 0.338. The summed E-state index contributed by atoms with van der Waals surface area (Å²) in [7, 11) is -1.66. The van der Waals surface area contributed by atoms with Gasteiger partial charge in [0.1, 0.15) is 0 Å². The fourth-order valence-electron chi connectivity index (χ4n) is 18.5. The summed E-state index contributed by atoms with van der Waals surface area (Å²) in [5.41, 5.74) is 20.6. The van der Waals surface area contributed by atoms with Crippen LogP contribution in [0.2, 0.25) is 0 Å². The van der Waals surface area contributed by atoms with Crippen LogP contribution in [0.4, 0.5) is 0 Å². The van der Waals surface area contributed by atoms with Crippen molar-refractivity contribution in [1.29, 1.82) is 0 Å². The molecule has 0 saturated carbocycles. The Bertz CT molecular complexity index is 7740. The van der Waals surface area contributed by atoms with Crippen molar-refractivity contribution in [3.05, 3.63) is 406 Å². The summed E-state index contributed by atoms with van der Waals surface area (Å²) in [6, 6.07) is 128. The van der Waals surface area contributed by atoms with Crippen LogP contribution in [-0.2, 0) is 37.2 Å². The van der Waals surface area contributed by atoms with Gasteiger partial charge in [-0.3, -0.25) is 19.9 Å². The summed E-state index contributed by atoms with van der Waals surface area (Å²) < 4.78 is 53.4. The number of pyridine rings is 4. The molecule has 144 heavy (non-hydrogen) atoms. The molecule has 0 radical (unpaired) electrons. The molecule has 0 bridgehead atoms. The van der Waals surface area contributed by atoms with E-state index >= 15 is 0 Å². The minimum Gasteiger partial charge on any atom is -0.405 e. The van der Waals surface area contributed by atoms with Gasteiger partial charge < -0.3 is 37.2 Å². The van der Waals surface area contributed by atoms with Crippen molar-refractivity contribution in [3.8, 4) is 77.9 Å². The van der Waals surface area contributed by atoms with Crippen LogP contribution in [0.1, 0.15) is 111 Å². The first-order valence-corrected chi connectivity index (χ1v) is 52.3. The molecule has 12 nitrogen and oxygen atoms in total. The second kappa shape index (κ2) is 41.3. The summed E-state index contributed by atoms with van der Waals surface area (Å²) in [6.45, 7) is 32.9. The van der Waals surface area contributed by atoms with Crippen molar-refractivity contribution in [2.75, 3.05) is 0 Å². The zero-order valence-electron chi connectivity index (χ0n) is 83.8. The SMILES string of the molecule is Brc1ccc(-c2ccc(-c3cc4cccnc4c4ccccc34)cc2)cc1.Brc1ccc(-c2ccc(-c3cc4cccnc4c4ccccc34)cc2)cc1.Brc1ccc(-c2ccc(I)cc2)cc1.CC1(C)OB(B2OC(C)(C)C(C)(C)O2)OC1(C)C.CC1(C)OB(c2cc3cccnc3c3ccccc23)OC1(C)C.CC1(C)OB(c2ccc(-c3ccc(-c4cc5cccnc5c5ccccc45)cc3)cc2)OC1(C)C. The monoisotopic (exact) mass is 2190 g/mol. The standard InChI is InChI=1S/C31H28BNO2.2C25H16BrN.C19H20BNO2.C12H24B2O4.C12H8BrI/c1-30(2)31(3,4)35-32(34-30)25-17-15-22(16-18-25)21-11-13-23(14-12-21)28-20-24-8-7-19-33-29(24)27-10-6-5-9-26(27)28;2*26-21-13-11-18(12-14-21)17-7-9-19(10-8-17)24-16-20-4-3-15-27-25(20)23-6-2-1-5-22(23)24;1-18(2)19(3,4)23-20(22-18)16-12-13-8-7-11-21-17(13)15-10-6-5-9-14(15)16;1-9(2)10(3,4)16-13(15-9)14-17-11(5,6)12(7,8)18-14;13-11-5-1-9(2-6-11)10-3-7-12(14)8-4-10/h5-20H,1-4H3;2*1-16H;5-12H,1-4H3;1-8H3;1-8H. The summed E-state index contributed by atoms with van der Waals surface area (Å²) >= 11 is 12.7. The number of halogens is 4. The Hall–Kier alpha value is -11.7. The van der Waals surface area contributed by atoms with Crippen molar-refractivity contribution in [2.45, 2.75) is 156 Å². The lowest BCUT2D eigenvalue weighted by atomic mass is 9.49. The Morgan fingerprint density at radius 1 is 0.208 bits per heavy atom. The molecule has 20 heteroatoms. The van der Waals surface area contributed by atoms with Crippen LogP contribution in [0.25, 0.3) is 165 Å². The zero-order valence-corrected chi connectivity index (χ0v) is 90.7. The topological polar surface area (TPSA) is 125 Å². The summed E-state index contributed by atoms with van der Waals surface area (Å²) in [6.07, 6.45) is 7.42. The quantitative estimate of drug-likeness (QED) is 0.0735. The van der Waals surface area contributed by atoms with Gasteiger partial charge in [0.2, 0.25) is 0 Å². The third-order valence-electron chi connectivity index (χ3n) is 29.5. The Labute approximate surface area is 884 Å². The lowest BCUT2D eigenvalue weighted by molar-refractivity contribution is 0.00578. The fraction of sp³-hybridized carbons (Fsp3) is 0.194. The van der Waals surface area contributed by atoms with Gasteiger partial charge >= 0.3 is 28.3 Å². The molecule has 4 fully saturated rings. The summed E-state index contributed by atoms with van der Waals surface area (Å²) in [5, 5.41) is 14.1. The first-order valence-electron chi connectivity index (χ1n) is 48.9. The number of rotatable bonds is 10. The molecule has 716 valence electrons. The van der Waals surface area contributed by atoms with Gasteiger partial charge in [0.25, 0.3) is 0 Å². The van der Waals surface area contributed by atoms with E-state index in [0.717, 1.165) is 68.0 Å². The minimum atomic E-state index is -0.476. The number of aromatic nitrogens is 4. The molecule has 0 amide bonds. The van der Waals surface area contributed by atoms with E-state index in [1.807, 2.05) is 117 Å². The smallest absolute Gasteiger partial charge is 0.405 e. The lowest BCUT2D eigenvalue weighted by Crippen LogP contribution is -2.41. The molecule has 20 aromatic rings. The molecular weight excluding hydrogens is 2080 g/mol. The zero-order chi connectivity index (χ0) is 101. The van der Waals surface area contributed by atoms with Gasteiger partial charge in [-0.2, -0.15) is 0 Å². The average Bonchev–Trinajstić information content (AvgIpc) is 1.59. The predicted octanol–water partition coefficient (Wildman–Crippen LogP) is 32.6. The highest BCUT2D eigenvalue weighted by molar-refractivity contribution is 14.1. The van der Waals surface area contributed by atoms with Gasteiger partial charge in [-0.05, 0) is 335 Å². The number of hydrogen-bond acceptors (Lipinski definition) is 12. The van der Waals surface area contributed by atoms with Gasteiger partial charge in [0.05, 0.1) is 66.9 Å². The molecule has 0 aliphatic carbocycles. The van der Waals surface area contributed by atoms with E-state index in [-0.39, 0.29) is 59.0 Å². The Morgan fingerprint density at radius 2 is 0.417 bits per heavy atom. The molecule has 0 spiro atoms. The van der Waals surface area contributed by atoms with E-state index in [1.165, 1.54) is 125 Å². The Kier molecular flexibility index (Phi) is 29.0. The lowest BCUT2D eigenvalue weighted by Gasteiger charge is -2.32. The molecule has 24 rings (SSSR count). The maximum atomic E-state index is 6.26. The summed E-state index contributed by atoms with van der Waals surface area (Å²) in [5.74, 6) is 0. The van der Waals surface area contributed by atoms with Crippen LogP contribution < -0.4 is 10.9 Å². The average molecular weight is 2200 g/mol. The second-order valence-corrected chi connectivity index (χ2v) is 45.0. The fourth-order valence-corrected chi connectivity index (χ4v) is 19.6. The van der Waals surface area contributed by atoms with Crippen molar-refractivity contribution in [2.24, 2.45) is 0 Å². The first kappa shape index (κ1) is 101. The molecule has 4 aliphatic rings. The van der Waals surface area contributed by atoms with Crippen molar-refractivity contribution < 1.29 is 37.2 Å². The summed E-state index contributed by atoms with van der Waals surface area (Å²) in [4.78, 5) is 18.4. The molecule has 0 unspecified atom stereocenters. The molecule has 16 aromatic carbocycles. The van der Waals surface area contributed by atoms with Crippen LogP contribution in [0.3, 0.4) is 0 Å². The van der Waals surface area contributed by atoms with Crippen molar-refractivity contribution >= 4 is 196 Å². The third-order valence-corrected chi connectivity index (χ3v) is 31.8. The van der Waals surface area contributed by atoms with E-state index in [0.29, 0.717) is 0 Å². The Morgan fingerprint density at radius 3 is 0.694 bits per heavy atom. The molecule has 4 saturated heterocycles. The van der Waals surface area contributed by atoms with Crippen LogP contribution in [-0.4, -0.2) is 93.0 Å². The van der Waals surface area contributed by atoms with Gasteiger partial charge in [-0.15, -0.1) is 0 Å². The number of nitrogens with zero attached hydrogens (tertiary/aromatic N) is 4. The van der Waals surface area contributed by atoms with Crippen molar-refractivity contribution in [1.82, 2.24) is 19.9 Å². The molecular formula is C124H112B4Br3IN4O8. The maximum Gasteiger partial charge on any atom is 0.495 e. The molecule has 8 heterocycles. The van der Waals surface area contributed by atoms with Gasteiger partial charge in [0.15, 0.2) is 0 Å². The molecule has 4 aromatic heterocycles. The molecule has 0 atom stereocenters.